The Morgan fingerprint density at radius 1 is 0.333 bits per heavy atom. The van der Waals surface area contributed by atoms with Gasteiger partial charge in [0.1, 0.15) is 0 Å². The van der Waals surface area contributed by atoms with E-state index >= 15 is 0 Å². The smallest absolute Gasteiger partial charge is 0.338 e. The molecule has 0 aliphatic carbocycles. The van der Waals surface area contributed by atoms with E-state index in [2.05, 4.69) is 115 Å². The Morgan fingerprint density at radius 2 is 0.500 bits per heavy atom. The van der Waals surface area contributed by atoms with Gasteiger partial charge in [-0.2, -0.15) is 0 Å². The van der Waals surface area contributed by atoms with Crippen LogP contribution in [0.15, 0.2) is 36.4 Å². The minimum atomic E-state index is -2.33. The second-order valence-corrected chi connectivity index (χ2v) is 38.3. The third-order valence-electron chi connectivity index (χ3n) is 10.2. The van der Waals surface area contributed by atoms with Crippen LogP contribution in [0.2, 0.25) is 78.6 Å². The van der Waals surface area contributed by atoms with Gasteiger partial charge in [0.05, 0.1) is 83.0 Å². The van der Waals surface area contributed by atoms with E-state index in [-0.39, 0.29) is 0 Å². The van der Waals surface area contributed by atoms with Gasteiger partial charge in [-0.15, -0.1) is 0 Å². The highest BCUT2D eigenvalue weighted by molar-refractivity contribution is 6.95. The molecule has 0 bridgehead atoms. The van der Waals surface area contributed by atoms with Crippen LogP contribution in [0, 0.1) is 0 Å². The van der Waals surface area contributed by atoms with Gasteiger partial charge in [-0.1, -0.05) is 78.6 Å². The second kappa shape index (κ2) is 13.9. The lowest BCUT2D eigenvalue weighted by Crippen LogP contribution is -2.50. The van der Waals surface area contributed by atoms with Crippen LogP contribution in [0.3, 0.4) is 0 Å². The Morgan fingerprint density at radius 3 is 0.630 bits per heavy atom. The number of carbonyl (C=O) groups is 4. The Bertz CT molecular complexity index is 2100. The molecule has 0 aliphatic rings. The van der Waals surface area contributed by atoms with Crippen LogP contribution >= 0.6 is 0 Å². The number of ether oxygens (including phenoxy) is 4. The van der Waals surface area contributed by atoms with E-state index in [0.29, 0.717) is 22.3 Å². The predicted molar refractivity (Wildman–Crippen MR) is 234 cm³/mol. The Hall–Kier alpha value is -4.11. The molecule has 0 aromatic heterocycles. The van der Waals surface area contributed by atoms with Gasteiger partial charge >= 0.3 is 23.9 Å². The summed E-state index contributed by atoms with van der Waals surface area (Å²) in [4.78, 5) is 55.0. The summed E-state index contributed by atoms with van der Waals surface area (Å²) in [5.74, 6) is -2.15. The molecular weight excluding hydrogens is 745 g/mol. The van der Waals surface area contributed by atoms with Crippen molar-refractivity contribution in [2.75, 3.05) is 28.4 Å². The molecule has 0 aliphatic heterocycles. The van der Waals surface area contributed by atoms with Crippen LogP contribution in [0.4, 0.5) is 0 Å². The number of fused-ring (bicyclic) bond motifs is 4. The molecule has 0 radical (unpaired) electrons. The third-order valence-corrected chi connectivity index (χ3v) is 18.3. The molecule has 5 aromatic rings. The van der Waals surface area contributed by atoms with Crippen LogP contribution in [-0.2, 0) is 18.9 Å². The lowest BCUT2D eigenvalue weighted by molar-refractivity contribution is 0.0558. The average Bonchev–Trinajstić information content (AvgIpc) is 3.06. The fourth-order valence-electron chi connectivity index (χ4n) is 8.31. The quantitative estimate of drug-likeness (QED) is 0.0684. The van der Waals surface area contributed by atoms with E-state index in [0.717, 1.165) is 63.8 Å². The Balaban J connectivity index is 2.11. The van der Waals surface area contributed by atoms with Gasteiger partial charge in [-0.25, -0.2) is 19.2 Å². The number of carbonyl (C=O) groups excluding carboxylic acids is 4. The number of hydrogen-bond donors (Lipinski definition) is 0. The van der Waals surface area contributed by atoms with Crippen LogP contribution in [0.5, 0.6) is 0 Å². The van der Waals surface area contributed by atoms with Gasteiger partial charge in [-0.05, 0) is 100 Å². The SMILES string of the molecule is COC(=O)c1c(C(=O)OC)c([Si](C)(C)C)c2cc3cc4cc5c([Si](C)(C)C)c(C(=O)OC)c(C(=O)OC)c([Si](C)(C)C)c5cc4cc3cc2c1[Si](C)(C)C. The Kier molecular flexibility index (Phi) is 10.6. The number of hydrogen-bond acceptors (Lipinski definition) is 8. The highest BCUT2D eigenvalue weighted by Gasteiger charge is 2.40. The first kappa shape index (κ1) is 41.1. The minimum absolute atomic E-state index is 0.315. The molecule has 0 amide bonds. The fourth-order valence-corrected chi connectivity index (χ4v) is 16.3. The summed E-state index contributed by atoms with van der Waals surface area (Å²) in [6.45, 7) is 26.1. The van der Waals surface area contributed by atoms with Gasteiger partial charge < -0.3 is 18.9 Å². The zero-order valence-electron chi connectivity index (χ0n) is 34.7. The molecule has 0 unspecified atom stereocenters. The summed E-state index contributed by atoms with van der Waals surface area (Å²) in [5.41, 5.74) is 1.26. The number of methoxy groups -OCH3 is 4. The van der Waals surface area contributed by atoms with E-state index < -0.39 is 56.2 Å². The lowest BCUT2D eigenvalue weighted by atomic mass is 9.93. The van der Waals surface area contributed by atoms with E-state index in [9.17, 15) is 19.2 Å². The molecule has 0 spiro atoms. The first-order valence-corrected chi connectivity index (χ1v) is 32.2. The first-order chi connectivity index (χ1) is 24.8. The molecule has 5 rings (SSSR count). The maximum atomic E-state index is 13.8. The van der Waals surface area contributed by atoms with Crippen LogP contribution < -0.4 is 20.7 Å². The largest absolute Gasteiger partial charge is 0.465 e. The lowest BCUT2D eigenvalue weighted by Gasteiger charge is -2.31. The van der Waals surface area contributed by atoms with Gasteiger partial charge in [0.25, 0.3) is 0 Å². The number of esters is 4. The third kappa shape index (κ3) is 6.86. The summed E-state index contributed by atoms with van der Waals surface area (Å²) in [5, 5.41) is 11.2. The van der Waals surface area contributed by atoms with Crippen LogP contribution in [0.25, 0.3) is 43.1 Å². The highest BCUT2D eigenvalue weighted by atomic mass is 28.3. The molecule has 8 nitrogen and oxygen atoms in total. The summed E-state index contributed by atoms with van der Waals surface area (Å²) in [6, 6.07) is 13.0. The molecule has 12 heteroatoms. The predicted octanol–water partition coefficient (Wildman–Crippen LogP) is 7.63. The maximum absolute atomic E-state index is 13.8. The van der Waals surface area contributed by atoms with E-state index in [1.54, 1.807) is 0 Å². The van der Waals surface area contributed by atoms with Crippen molar-refractivity contribution in [2.45, 2.75) is 78.6 Å². The van der Waals surface area contributed by atoms with Gasteiger partial charge in [-0.3, -0.25) is 0 Å². The zero-order chi connectivity index (χ0) is 40.6. The topological polar surface area (TPSA) is 105 Å². The van der Waals surface area contributed by atoms with E-state index in [1.165, 1.54) is 28.4 Å². The molecule has 54 heavy (non-hydrogen) atoms. The van der Waals surface area contributed by atoms with Crippen molar-refractivity contribution in [2.24, 2.45) is 0 Å². The fraction of sp³-hybridized carbons (Fsp3) is 0.381. The summed E-state index contributed by atoms with van der Waals surface area (Å²) >= 11 is 0. The second-order valence-electron chi connectivity index (χ2n) is 18.3. The average molecular weight is 799 g/mol. The monoisotopic (exact) mass is 798 g/mol. The van der Waals surface area contributed by atoms with Crippen molar-refractivity contribution in [1.29, 1.82) is 0 Å². The molecular formula is C42H54O8Si4. The summed E-state index contributed by atoms with van der Waals surface area (Å²) in [6.07, 6.45) is 0. The number of rotatable bonds is 8. The normalized spacial score (nSPS) is 12.7. The van der Waals surface area contributed by atoms with Crippen molar-refractivity contribution >= 4 is 120 Å². The Labute approximate surface area is 322 Å². The summed E-state index contributed by atoms with van der Waals surface area (Å²) in [7, 11) is -3.89. The van der Waals surface area contributed by atoms with Crippen molar-refractivity contribution < 1.29 is 38.1 Å². The van der Waals surface area contributed by atoms with Crippen LogP contribution in [0.1, 0.15) is 41.4 Å². The molecule has 0 saturated heterocycles. The maximum Gasteiger partial charge on any atom is 0.338 e. The highest BCUT2D eigenvalue weighted by Crippen LogP contribution is 2.35. The first-order valence-electron chi connectivity index (χ1n) is 18.2. The van der Waals surface area contributed by atoms with Crippen molar-refractivity contribution in [1.82, 2.24) is 0 Å². The van der Waals surface area contributed by atoms with Crippen molar-refractivity contribution in [3.8, 4) is 0 Å². The molecule has 0 N–H and O–H groups in total. The number of benzene rings is 5. The summed E-state index contributed by atoms with van der Waals surface area (Å²) < 4.78 is 21.5. The van der Waals surface area contributed by atoms with Crippen LogP contribution in [-0.4, -0.2) is 84.6 Å². The van der Waals surface area contributed by atoms with Crippen molar-refractivity contribution in [3.05, 3.63) is 58.7 Å². The van der Waals surface area contributed by atoms with Gasteiger partial charge in [0, 0.05) is 0 Å². The molecule has 0 saturated carbocycles. The van der Waals surface area contributed by atoms with E-state index in [4.69, 9.17) is 18.9 Å². The molecule has 0 fully saturated rings. The molecule has 0 atom stereocenters. The van der Waals surface area contributed by atoms with Gasteiger partial charge in [0.2, 0.25) is 0 Å². The van der Waals surface area contributed by atoms with E-state index in [1.807, 2.05) is 0 Å². The van der Waals surface area contributed by atoms with Gasteiger partial charge in [0.15, 0.2) is 0 Å². The minimum Gasteiger partial charge on any atom is -0.465 e. The van der Waals surface area contributed by atoms with Crippen molar-refractivity contribution in [3.63, 3.8) is 0 Å². The standard InChI is InChI=1S/C42H54O8Si4/c1-47-39(43)31-32(40(44)48-2)36(52(8,9)10)28-20-24-18-26-22-30-29(21-25(26)17-23(24)19-27(28)35(31)51(5,6)7)37(53(11,12)13)33(41(45)49-3)34(42(46)50-4)38(30)54(14,15)16/h17-22H,1-16H3. The molecule has 0 heterocycles. The zero-order valence-corrected chi connectivity index (χ0v) is 38.7. The molecule has 286 valence electrons. The molecule has 5 aromatic carbocycles.